The van der Waals surface area contributed by atoms with Crippen LogP contribution in [0.4, 0.5) is 0 Å². The summed E-state index contributed by atoms with van der Waals surface area (Å²) in [5, 5.41) is 19.0. The number of hydrogen-bond donors (Lipinski definition) is 2. The first-order chi connectivity index (χ1) is 27.0. The van der Waals surface area contributed by atoms with Crippen molar-refractivity contribution in [1.82, 2.24) is 15.0 Å². The fraction of sp³-hybridized carbons (Fsp3) is 0.0208. The largest absolute Gasteiger partial charge is 0.315 e. The molecule has 0 bridgehead atoms. The quantitative estimate of drug-likeness (QED) is 0.0870. The van der Waals surface area contributed by atoms with Crippen LogP contribution < -0.4 is 5.73 Å². The van der Waals surface area contributed by atoms with E-state index in [1.165, 1.54) is 11.8 Å². The van der Waals surface area contributed by atoms with Gasteiger partial charge in [-0.1, -0.05) is 157 Å². The number of nitriles is 1. The molecule has 0 saturated heterocycles. The van der Waals surface area contributed by atoms with Crippen molar-refractivity contribution in [3.8, 4) is 73.6 Å². The normalized spacial score (nSPS) is 11.4. The number of benzene rings is 7. The third kappa shape index (κ3) is 7.87. The molecule has 0 saturated carbocycles. The first kappa shape index (κ1) is 35.1. The summed E-state index contributed by atoms with van der Waals surface area (Å²) in [5.41, 5.74) is 17.1. The van der Waals surface area contributed by atoms with Crippen LogP contribution in [0.1, 0.15) is 22.1 Å². The van der Waals surface area contributed by atoms with Gasteiger partial charge >= 0.3 is 0 Å². The van der Waals surface area contributed by atoms with Gasteiger partial charge in [-0.15, -0.1) is 0 Å². The average molecular weight is 727 g/mol. The Morgan fingerprint density at radius 1 is 0.491 bits per heavy atom. The molecule has 7 aromatic carbocycles. The molecule has 0 amide bonds. The maximum atomic E-state index is 10.1. The number of hydrogen-bond acceptors (Lipinski definition) is 7. The number of nitrogens with zero attached hydrogens (tertiary/aromatic N) is 4. The first-order valence-corrected chi connectivity index (χ1v) is 18.7. The van der Waals surface area contributed by atoms with Gasteiger partial charge in [0, 0.05) is 22.3 Å². The highest BCUT2D eigenvalue weighted by Crippen LogP contribution is 2.37. The van der Waals surface area contributed by atoms with Crippen molar-refractivity contribution in [2.45, 2.75) is 5.37 Å². The average Bonchev–Trinajstić information content (AvgIpc) is 3.27. The molecule has 8 aromatic rings. The van der Waals surface area contributed by atoms with Gasteiger partial charge in [-0.3, -0.25) is 5.41 Å². The summed E-state index contributed by atoms with van der Waals surface area (Å²) in [7, 11) is 0. The predicted octanol–water partition coefficient (Wildman–Crippen LogP) is 11.5. The van der Waals surface area contributed by atoms with Crippen LogP contribution in [0.2, 0.25) is 0 Å². The van der Waals surface area contributed by atoms with Crippen LogP contribution in [0, 0.1) is 16.7 Å². The Balaban J connectivity index is 1.22. The molecule has 1 aromatic heterocycles. The third-order valence-electron chi connectivity index (χ3n) is 9.28. The number of nitrogens with two attached hydrogens (primary N) is 1. The molecule has 0 radical (unpaired) electrons. The molecule has 0 aliphatic carbocycles. The lowest BCUT2D eigenvalue weighted by atomic mass is 9.91. The Labute approximate surface area is 324 Å². The topological polar surface area (TPSA) is 112 Å². The molecule has 1 heterocycles. The van der Waals surface area contributed by atoms with E-state index in [4.69, 9.17) is 26.1 Å². The minimum atomic E-state index is -0.362. The van der Waals surface area contributed by atoms with Crippen molar-refractivity contribution < 1.29 is 0 Å². The molecule has 0 spiro atoms. The zero-order valence-corrected chi connectivity index (χ0v) is 30.5. The Bertz CT molecular complexity index is 2620. The Morgan fingerprint density at radius 2 is 0.945 bits per heavy atom. The smallest absolute Gasteiger partial charge is 0.164 e. The van der Waals surface area contributed by atoms with E-state index in [9.17, 15) is 5.26 Å². The minimum absolute atomic E-state index is 0.362. The first-order valence-electron chi connectivity index (χ1n) is 17.8. The van der Waals surface area contributed by atoms with E-state index >= 15 is 0 Å². The van der Waals surface area contributed by atoms with Crippen molar-refractivity contribution in [3.05, 3.63) is 199 Å². The molecule has 0 aliphatic heterocycles. The fourth-order valence-electron chi connectivity index (χ4n) is 6.47. The molecule has 0 aliphatic rings. The Morgan fingerprint density at radius 3 is 1.56 bits per heavy atom. The van der Waals surface area contributed by atoms with Crippen LogP contribution in [0.5, 0.6) is 0 Å². The highest BCUT2D eigenvalue weighted by atomic mass is 32.2. The van der Waals surface area contributed by atoms with Crippen LogP contribution >= 0.6 is 11.8 Å². The van der Waals surface area contributed by atoms with Crippen molar-refractivity contribution >= 4 is 16.8 Å². The lowest BCUT2D eigenvalue weighted by molar-refractivity contribution is 1.04. The maximum absolute atomic E-state index is 10.1. The molecule has 6 nitrogen and oxygen atoms in total. The molecule has 3 N–H and O–H groups in total. The Hall–Kier alpha value is -6.98. The van der Waals surface area contributed by atoms with Crippen LogP contribution in [-0.2, 0) is 0 Å². The van der Waals surface area contributed by atoms with E-state index in [1.54, 1.807) is 0 Å². The van der Waals surface area contributed by atoms with Crippen LogP contribution in [-0.4, -0.2) is 20.0 Å². The van der Waals surface area contributed by atoms with E-state index in [1.807, 2.05) is 146 Å². The van der Waals surface area contributed by atoms with E-state index in [0.717, 1.165) is 61.2 Å². The highest BCUT2D eigenvalue weighted by molar-refractivity contribution is 8.14. The number of aromatic nitrogens is 3. The van der Waals surface area contributed by atoms with Gasteiger partial charge in [-0.05, 0) is 75.3 Å². The molecule has 55 heavy (non-hydrogen) atoms. The second kappa shape index (κ2) is 15.9. The zero-order valence-electron chi connectivity index (χ0n) is 29.7. The van der Waals surface area contributed by atoms with Gasteiger partial charge in [-0.2, -0.15) is 5.26 Å². The summed E-state index contributed by atoms with van der Waals surface area (Å²) in [6, 6.07) is 62.3. The van der Waals surface area contributed by atoms with Crippen LogP contribution in [0.15, 0.2) is 182 Å². The molecule has 7 heteroatoms. The number of rotatable bonds is 9. The molecular formula is C48H34N6S. The van der Waals surface area contributed by atoms with E-state index in [2.05, 4.69) is 42.5 Å². The lowest BCUT2D eigenvalue weighted by Gasteiger charge is -2.15. The maximum Gasteiger partial charge on any atom is 0.164 e. The molecule has 262 valence electrons. The van der Waals surface area contributed by atoms with E-state index < -0.39 is 0 Å². The predicted molar refractivity (Wildman–Crippen MR) is 225 cm³/mol. The summed E-state index contributed by atoms with van der Waals surface area (Å²) in [6.45, 7) is 0. The molecular weight excluding hydrogens is 693 g/mol. The number of thioether (sulfide) groups is 1. The van der Waals surface area contributed by atoms with Gasteiger partial charge in [0.1, 0.15) is 0 Å². The zero-order chi connectivity index (χ0) is 37.6. The van der Waals surface area contributed by atoms with Crippen molar-refractivity contribution in [3.63, 3.8) is 0 Å². The minimum Gasteiger partial charge on any atom is -0.315 e. The molecule has 1 atom stereocenters. The third-order valence-corrected chi connectivity index (χ3v) is 10.3. The summed E-state index contributed by atoms with van der Waals surface area (Å²) < 4.78 is 0. The summed E-state index contributed by atoms with van der Waals surface area (Å²) in [5.74, 6) is 1.76. The standard InChI is InChI=1S/C48H34N6S/c49-31-39-20-10-11-25-43(39)42-29-40(35-21-12-23-37(26-35)45(51)55-44(50)32-14-4-1-5-15-32)28-41(30-42)36-22-13-24-38(27-36)48-53-46(33-16-6-2-7-17-33)52-47(54-48)34-18-8-3-9-19-34/h1-30,44,51H,50H2. The highest BCUT2D eigenvalue weighted by Gasteiger charge is 2.16. The fourth-order valence-corrected chi connectivity index (χ4v) is 7.28. The van der Waals surface area contributed by atoms with Crippen molar-refractivity contribution in [2.24, 2.45) is 5.73 Å². The van der Waals surface area contributed by atoms with Crippen LogP contribution in [0.3, 0.4) is 0 Å². The van der Waals surface area contributed by atoms with Gasteiger partial charge in [-0.25, -0.2) is 15.0 Å². The van der Waals surface area contributed by atoms with E-state index in [0.29, 0.717) is 28.1 Å². The van der Waals surface area contributed by atoms with E-state index in [-0.39, 0.29) is 5.37 Å². The molecule has 1 unspecified atom stereocenters. The van der Waals surface area contributed by atoms with Gasteiger partial charge < -0.3 is 5.73 Å². The van der Waals surface area contributed by atoms with Crippen molar-refractivity contribution in [2.75, 3.05) is 0 Å². The van der Waals surface area contributed by atoms with Gasteiger partial charge in [0.2, 0.25) is 0 Å². The summed E-state index contributed by atoms with van der Waals surface area (Å²) in [4.78, 5) is 14.8. The Kier molecular flexibility index (Phi) is 10.2. The SMILES string of the molecule is N#Cc1ccccc1-c1cc(-c2cccc(C(=N)SC(N)c3ccccc3)c2)cc(-c2cccc(-c3nc(-c4ccccc4)nc(-c4ccccc4)n3)c2)c1. The second-order valence-electron chi connectivity index (χ2n) is 12.9. The van der Waals surface area contributed by atoms with Crippen LogP contribution in [0.25, 0.3) is 67.5 Å². The molecule has 0 fully saturated rings. The molecule has 8 rings (SSSR count). The van der Waals surface area contributed by atoms with Gasteiger partial charge in [0.05, 0.1) is 22.1 Å². The summed E-state index contributed by atoms with van der Waals surface area (Å²) in [6.07, 6.45) is 0. The summed E-state index contributed by atoms with van der Waals surface area (Å²) >= 11 is 1.32. The lowest BCUT2D eigenvalue weighted by Crippen LogP contribution is -2.09. The monoisotopic (exact) mass is 726 g/mol. The number of nitrogens with one attached hydrogen (secondary N) is 1. The van der Waals surface area contributed by atoms with Crippen molar-refractivity contribution in [1.29, 1.82) is 10.7 Å². The van der Waals surface area contributed by atoms with Gasteiger partial charge in [0.15, 0.2) is 17.5 Å². The van der Waals surface area contributed by atoms with Gasteiger partial charge in [0.25, 0.3) is 0 Å². The second-order valence-corrected chi connectivity index (χ2v) is 14.1.